The van der Waals surface area contributed by atoms with Crippen molar-refractivity contribution in [2.75, 3.05) is 19.0 Å². The number of unbranched alkanes of at least 4 members (excludes halogenated alkanes) is 32. The number of rotatable bonds is 44. The zero-order valence-corrected chi connectivity index (χ0v) is 40.5. The minimum atomic E-state index is 0.0165. The maximum atomic E-state index is 13.1. The van der Waals surface area contributed by atoms with Gasteiger partial charge in [0.25, 0.3) is 0 Å². The van der Waals surface area contributed by atoms with Gasteiger partial charge in [-0.1, -0.05) is 232 Å². The standard InChI is InChI=1S/C56H94O3S/c1-4-7-9-11-13-15-17-19-21-23-25-27-29-31-33-35-37-45-58-53-48-51(39-44-56(57)52-40-42-55(43-41-52)60-47-6-3)49-54(50-53)59-46-38-36-34-32-30-28-26-24-22-20-18-16-14-12-10-8-5-2/h39-44,48-50H,4-38,45-47H2,1-3H3. The van der Waals surface area contributed by atoms with E-state index in [1.54, 1.807) is 6.08 Å². The summed E-state index contributed by atoms with van der Waals surface area (Å²) in [5, 5.41) is 0. The Morgan fingerprint density at radius 3 is 1.10 bits per heavy atom. The molecule has 0 fully saturated rings. The van der Waals surface area contributed by atoms with E-state index in [0.717, 1.165) is 42.1 Å². The fourth-order valence-electron chi connectivity index (χ4n) is 8.09. The molecule has 0 aliphatic heterocycles. The van der Waals surface area contributed by atoms with Crippen molar-refractivity contribution in [3.05, 3.63) is 59.7 Å². The third-order valence-electron chi connectivity index (χ3n) is 12.0. The average Bonchev–Trinajstić information content (AvgIpc) is 3.26. The summed E-state index contributed by atoms with van der Waals surface area (Å²) in [7, 11) is 0. The van der Waals surface area contributed by atoms with E-state index in [2.05, 4.69) is 32.9 Å². The van der Waals surface area contributed by atoms with E-state index in [9.17, 15) is 4.79 Å². The molecule has 0 amide bonds. The highest BCUT2D eigenvalue weighted by Crippen LogP contribution is 2.26. The Morgan fingerprint density at radius 1 is 0.433 bits per heavy atom. The van der Waals surface area contributed by atoms with Crippen LogP contribution in [0.3, 0.4) is 0 Å². The zero-order valence-electron chi connectivity index (χ0n) is 39.7. The lowest BCUT2D eigenvalue weighted by Crippen LogP contribution is -2.01. The summed E-state index contributed by atoms with van der Waals surface area (Å²) in [5.74, 6) is 2.77. The molecule has 60 heavy (non-hydrogen) atoms. The minimum Gasteiger partial charge on any atom is -0.493 e. The van der Waals surface area contributed by atoms with Gasteiger partial charge in [0.05, 0.1) is 13.2 Å². The van der Waals surface area contributed by atoms with E-state index >= 15 is 0 Å². The van der Waals surface area contributed by atoms with Crippen molar-refractivity contribution in [2.24, 2.45) is 0 Å². The number of carbonyl (C=O) groups excluding carboxylic acids is 1. The van der Waals surface area contributed by atoms with Crippen LogP contribution in [0.1, 0.15) is 261 Å². The third-order valence-corrected chi connectivity index (χ3v) is 13.2. The number of hydrogen-bond acceptors (Lipinski definition) is 4. The topological polar surface area (TPSA) is 35.5 Å². The van der Waals surface area contributed by atoms with Crippen LogP contribution in [-0.4, -0.2) is 24.7 Å². The molecule has 2 rings (SSSR count). The molecule has 0 heterocycles. The first kappa shape index (κ1) is 53.9. The number of allylic oxidation sites excluding steroid dienone is 1. The molecule has 2 aromatic carbocycles. The number of benzene rings is 2. The smallest absolute Gasteiger partial charge is 0.185 e. The Labute approximate surface area is 376 Å². The van der Waals surface area contributed by atoms with Crippen molar-refractivity contribution in [3.63, 3.8) is 0 Å². The number of thioether (sulfide) groups is 1. The second-order valence-corrected chi connectivity index (χ2v) is 19.0. The van der Waals surface area contributed by atoms with Crippen molar-refractivity contribution in [1.82, 2.24) is 0 Å². The van der Waals surface area contributed by atoms with Gasteiger partial charge in [0.15, 0.2) is 5.78 Å². The van der Waals surface area contributed by atoms with Crippen LogP contribution >= 0.6 is 11.8 Å². The third kappa shape index (κ3) is 31.6. The fourth-order valence-corrected chi connectivity index (χ4v) is 8.86. The molecule has 0 atom stereocenters. The lowest BCUT2D eigenvalue weighted by Gasteiger charge is -2.12. The molecule has 0 saturated heterocycles. The van der Waals surface area contributed by atoms with Gasteiger partial charge in [0.2, 0.25) is 0 Å². The molecule has 0 aromatic heterocycles. The maximum Gasteiger partial charge on any atom is 0.185 e. The predicted molar refractivity (Wildman–Crippen MR) is 267 cm³/mol. The largest absolute Gasteiger partial charge is 0.493 e. The summed E-state index contributed by atoms with van der Waals surface area (Å²) in [6.45, 7) is 8.21. The van der Waals surface area contributed by atoms with Gasteiger partial charge >= 0.3 is 0 Å². The Kier molecular flexibility index (Phi) is 36.7. The number of ketones is 1. The van der Waals surface area contributed by atoms with Crippen molar-refractivity contribution >= 4 is 23.6 Å². The molecule has 0 aliphatic carbocycles. The highest BCUT2D eigenvalue weighted by molar-refractivity contribution is 7.99. The van der Waals surface area contributed by atoms with E-state index in [1.165, 1.54) is 210 Å². The van der Waals surface area contributed by atoms with Gasteiger partial charge in [-0.3, -0.25) is 4.79 Å². The van der Waals surface area contributed by atoms with Gasteiger partial charge in [-0.05, 0) is 73.1 Å². The molecule has 0 unspecified atom stereocenters. The van der Waals surface area contributed by atoms with Gasteiger partial charge in [-0.2, -0.15) is 0 Å². The molecule has 2 aromatic rings. The Hall–Kier alpha value is -2.20. The molecule has 0 radical (unpaired) electrons. The van der Waals surface area contributed by atoms with Crippen LogP contribution in [0, 0.1) is 0 Å². The van der Waals surface area contributed by atoms with E-state index < -0.39 is 0 Å². The lowest BCUT2D eigenvalue weighted by atomic mass is 10.0. The van der Waals surface area contributed by atoms with Crippen molar-refractivity contribution in [3.8, 4) is 11.5 Å². The second-order valence-electron chi connectivity index (χ2n) is 17.8. The van der Waals surface area contributed by atoms with Gasteiger partial charge < -0.3 is 9.47 Å². The molecular formula is C56H94O3S. The van der Waals surface area contributed by atoms with Crippen molar-refractivity contribution in [2.45, 2.75) is 250 Å². The van der Waals surface area contributed by atoms with E-state index in [1.807, 2.05) is 48.2 Å². The SMILES string of the molecule is CCCCCCCCCCCCCCCCCCCOc1cc(C=CC(=O)c2ccc(SCCC)cc2)cc(OCCCCCCCCCCCCCCCCCCC)c1. The van der Waals surface area contributed by atoms with Crippen molar-refractivity contribution in [1.29, 1.82) is 0 Å². The number of ether oxygens (including phenoxy) is 2. The predicted octanol–water partition coefficient (Wildman–Crippen LogP) is 19.1. The van der Waals surface area contributed by atoms with E-state index in [4.69, 9.17) is 9.47 Å². The summed E-state index contributed by atoms with van der Waals surface area (Å²) >= 11 is 1.84. The maximum absolute atomic E-state index is 13.1. The van der Waals surface area contributed by atoms with Crippen LogP contribution in [0.5, 0.6) is 11.5 Å². The molecule has 342 valence electrons. The first-order valence-corrected chi connectivity index (χ1v) is 27.0. The quantitative estimate of drug-likeness (QED) is 0.0288. The first-order valence-electron chi connectivity index (χ1n) is 26.0. The summed E-state index contributed by atoms with van der Waals surface area (Å²) < 4.78 is 12.6. The monoisotopic (exact) mass is 847 g/mol. The molecule has 0 aliphatic rings. The fraction of sp³-hybridized carbons (Fsp3) is 0.732. The van der Waals surface area contributed by atoms with Crippen LogP contribution in [0.2, 0.25) is 0 Å². The Morgan fingerprint density at radius 2 is 0.767 bits per heavy atom. The molecule has 0 spiro atoms. The molecule has 4 heteroatoms. The summed E-state index contributed by atoms with van der Waals surface area (Å²) in [6, 6.07) is 14.1. The number of carbonyl (C=O) groups is 1. The zero-order chi connectivity index (χ0) is 42.8. The highest BCUT2D eigenvalue weighted by Gasteiger charge is 2.06. The Balaban J connectivity index is 1.67. The van der Waals surface area contributed by atoms with Gasteiger partial charge in [0.1, 0.15) is 11.5 Å². The van der Waals surface area contributed by atoms with Crippen LogP contribution in [0.25, 0.3) is 6.08 Å². The summed E-state index contributed by atoms with van der Waals surface area (Å²) in [6.07, 6.45) is 51.4. The first-order chi connectivity index (χ1) is 29.7. The van der Waals surface area contributed by atoms with Crippen LogP contribution in [0.4, 0.5) is 0 Å². The number of hydrogen-bond donors (Lipinski definition) is 0. The van der Waals surface area contributed by atoms with Crippen LogP contribution in [-0.2, 0) is 0 Å². The van der Waals surface area contributed by atoms with Crippen molar-refractivity contribution < 1.29 is 14.3 Å². The van der Waals surface area contributed by atoms with E-state index in [-0.39, 0.29) is 5.78 Å². The lowest BCUT2D eigenvalue weighted by molar-refractivity contribution is 0.104. The minimum absolute atomic E-state index is 0.0165. The highest BCUT2D eigenvalue weighted by atomic mass is 32.2. The second kappa shape index (κ2) is 40.8. The van der Waals surface area contributed by atoms with Gasteiger partial charge in [0, 0.05) is 16.5 Å². The molecular weight excluding hydrogens is 753 g/mol. The molecule has 3 nitrogen and oxygen atoms in total. The molecule has 0 saturated carbocycles. The average molecular weight is 847 g/mol. The van der Waals surface area contributed by atoms with E-state index in [0.29, 0.717) is 18.8 Å². The van der Waals surface area contributed by atoms with Crippen LogP contribution in [0.15, 0.2) is 53.4 Å². The van der Waals surface area contributed by atoms with Gasteiger partial charge in [-0.25, -0.2) is 0 Å². The Bertz CT molecular complexity index is 1210. The summed E-state index contributed by atoms with van der Waals surface area (Å²) in [5.41, 5.74) is 1.66. The molecule has 0 bridgehead atoms. The normalized spacial score (nSPS) is 11.5. The summed E-state index contributed by atoms with van der Waals surface area (Å²) in [4.78, 5) is 14.3. The molecule has 0 N–H and O–H groups in total. The van der Waals surface area contributed by atoms with Gasteiger partial charge in [-0.15, -0.1) is 11.8 Å². The van der Waals surface area contributed by atoms with Crippen LogP contribution < -0.4 is 9.47 Å².